The van der Waals surface area contributed by atoms with Gasteiger partial charge >= 0.3 is 0 Å². The van der Waals surface area contributed by atoms with Gasteiger partial charge in [0, 0.05) is 10.0 Å². The molecule has 0 nitrogen and oxygen atoms in total. The highest BCUT2D eigenvalue weighted by molar-refractivity contribution is 9.10. The van der Waals surface area contributed by atoms with E-state index < -0.39 is 5.83 Å². The summed E-state index contributed by atoms with van der Waals surface area (Å²) in [5, 5.41) is 0. The Morgan fingerprint density at radius 2 is 2.18 bits per heavy atom. The SMILES string of the molecule is C=C(F)c1ccc(C)cc1Br. The minimum atomic E-state index is -0.406. The number of halogens is 2. The van der Waals surface area contributed by atoms with E-state index in [1.165, 1.54) is 0 Å². The Labute approximate surface area is 73.9 Å². The molecule has 0 N–H and O–H groups in total. The largest absolute Gasteiger partial charge is 0.207 e. The van der Waals surface area contributed by atoms with E-state index >= 15 is 0 Å². The van der Waals surface area contributed by atoms with Crippen molar-refractivity contribution < 1.29 is 4.39 Å². The first-order valence-electron chi connectivity index (χ1n) is 3.22. The third-order valence-electron chi connectivity index (χ3n) is 1.42. The van der Waals surface area contributed by atoms with E-state index in [9.17, 15) is 4.39 Å². The van der Waals surface area contributed by atoms with Gasteiger partial charge in [0.25, 0.3) is 0 Å². The highest BCUT2D eigenvalue weighted by Gasteiger charge is 2.01. The fourth-order valence-corrected chi connectivity index (χ4v) is 1.55. The van der Waals surface area contributed by atoms with E-state index in [4.69, 9.17) is 0 Å². The van der Waals surface area contributed by atoms with Gasteiger partial charge in [-0.15, -0.1) is 0 Å². The highest BCUT2D eigenvalue weighted by atomic mass is 79.9. The van der Waals surface area contributed by atoms with Gasteiger partial charge in [-0.3, -0.25) is 0 Å². The van der Waals surface area contributed by atoms with Crippen molar-refractivity contribution in [1.29, 1.82) is 0 Å². The van der Waals surface area contributed by atoms with Gasteiger partial charge in [-0.25, -0.2) is 4.39 Å². The van der Waals surface area contributed by atoms with E-state index in [1.54, 1.807) is 6.07 Å². The molecular formula is C9H8BrF. The van der Waals surface area contributed by atoms with Gasteiger partial charge in [0.2, 0.25) is 0 Å². The van der Waals surface area contributed by atoms with Gasteiger partial charge in [-0.1, -0.05) is 34.6 Å². The Balaban J connectivity index is 3.20. The summed E-state index contributed by atoms with van der Waals surface area (Å²) in [4.78, 5) is 0. The van der Waals surface area contributed by atoms with Crippen LogP contribution in [-0.2, 0) is 0 Å². The topological polar surface area (TPSA) is 0 Å². The summed E-state index contributed by atoms with van der Waals surface area (Å²) in [6.07, 6.45) is 0. The van der Waals surface area contributed by atoms with Crippen molar-refractivity contribution in [2.45, 2.75) is 6.92 Å². The third-order valence-corrected chi connectivity index (χ3v) is 2.07. The molecule has 0 aliphatic heterocycles. The van der Waals surface area contributed by atoms with E-state index in [2.05, 4.69) is 22.5 Å². The van der Waals surface area contributed by atoms with Crippen LogP contribution in [0.1, 0.15) is 11.1 Å². The molecule has 0 saturated heterocycles. The third kappa shape index (κ3) is 1.90. The Kier molecular flexibility index (Phi) is 2.45. The van der Waals surface area contributed by atoms with Gasteiger partial charge in [0.1, 0.15) is 5.83 Å². The lowest BCUT2D eigenvalue weighted by Gasteiger charge is -2.00. The second-order valence-corrected chi connectivity index (χ2v) is 3.24. The van der Waals surface area contributed by atoms with E-state index in [1.807, 2.05) is 19.1 Å². The molecule has 0 atom stereocenters. The predicted molar refractivity (Wildman–Crippen MR) is 49.0 cm³/mol. The summed E-state index contributed by atoms with van der Waals surface area (Å²) in [6, 6.07) is 5.42. The smallest absolute Gasteiger partial charge is 0.124 e. The van der Waals surface area contributed by atoms with Crippen LogP contribution in [0, 0.1) is 6.92 Å². The molecule has 0 radical (unpaired) electrons. The van der Waals surface area contributed by atoms with Gasteiger partial charge in [-0.05, 0) is 18.6 Å². The molecule has 0 heterocycles. The molecule has 0 amide bonds. The zero-order valence-electron chi connectivity index (χ0n) is 6.20. The molecule has 0 bridgehead atoms. The molecule has 0 aliphatic carbocycles. The lowest BCUT2D eigenvalue weighted by Crippen LogP contribution is -1.80. The van der Waals surface area contributed by atoms with Crippen molar-refractivity contribution in [3.8, 4) is 0 Å². The summed E-state index contributed by atoms with van der Waals surface area (Å²) < 4.78 is 13.4. The molecule has 0 fully saturated rings. The standard InChI is InChI=1S/C9H8BrF/c1-6-3-4-8(7(2)11)9(10)5-6/h3-5H,2H2,1H3. The van der Waals surface area contributed by atoms with E-state index in [-0.39, 0.29) is 0 Å². The number of rotatable bonds is 1. The molecule has 0 spiro atoms. The van der Waals surface area contributed by atoms with Crippen LogP contribution < -0.4 is 0 Å². The van der Waals surface area contributed by atoms with E-state index in [0.29, 0.717) is 5.56 Å². The molecule has 0 aliphatic rings. The number of aryl methyl sites for hydroxylation is 1. The molecule has 0 aromatic heterocycles. The first-order chi connectivity index (χ1) is 5.11. The van der Waals surface area contributed by atoms with Crippen LogP contribution in [0.25, 0.3) is 5.83 Å². The van der Waals surface area contributed by atoms with Crippen LogP contribution in [-0.4, -0.2) is 0 Å². The molecule has 1 aromatic rings. The minimum absolute atomic E-state index is 0.406. The van der Waals surface area contributed by atoms with Gasteiger partial charge in [-0.2, -0.15) is 0 Å². The van der Waals surface area contributed by atoms with Crippen LogP contribution >= 0.6 is 15.9 Å². The molecule has 1 aromatic carbocycles. The van der Waals surface area contributed by atoms with Crippen molar-refractivity contribution in [3.63, 3.8) is 0 Å². The van der Waals surface area contributed by atoms with Crippen LogP contribution in [0.2, 0.25) is 0 Å². The summed E-state index contributed by atoms with van der Waals surface area (Å²) in [7, 11) is 0. The molecule has 11 heavy (non-hydrogen) atoms. The molecule has 58 valence electrons. The van der Waals surface area contributed by atoms with Crippen molar-refractivity contribution in [1.82, 2.24) is 0 Å². The Morgan fingerprint density at radius 1 is 1.55 bits per heavy atom. The van der Waals surface area contributed by atoms with Crippen LogP contribution in [0.3, 0.4) is 0 Å². The van der Waals surface area contributed by atoms with Crippen molar-refractivity contribution in [3.05, 3.63) is 40.4 Å². The Morgan fingerprint density at radius 3 is 2.64 bits per heavy atom. The van der Waals surface area contributed by atoms with Gasteiger partial charge < -0.3 is 0 Å². The van der Waals surface area contributed by atoms with Gasteiger partial charge in [0.15, 0.2) is 0 Å². The summed E-state index contributed by atoms with van der Waals surface area (Å²) in [5.74, 6) is -0.406. The number of benzene rings is 1. The summed E-state index contributed by atoms with van der Waals surface area (Å²) >= 11 is 3.25. The fraction of sp³-hybridized carbons (Fsp3) is 0.111. The lowest BCUT2D eigenvalue weighted by molar-refractivity contribution is 0.762. The fourth-order valence-electron chi connectivity index (χ4n) is 0.840. The summed E-state index contributed by atoms with van der Waals surface area (Å²) in [5.41, 5.74) is 1.62. The maximum atomic E-state index is 12.6. The van der Waals surface area contributed by atoms with Crippen molar-refractivity contribution in [2.24, 2.45) is 0 Å². The van der Waals surface area contributed by atoms with Crippen molar-refractivity contribution >= 4 is 21.8 Å². The Bertz CT molecular complexity index is 292. The summed E-state index contributed by atoms with van der Waals surface area (Å²) in [6.45, 7) is 5.17. The number of hydrogen-bond donors (Lipinski definition) is 0. The van der Waals surface area contributed by atoms with Crippen LogP contribution in [0.5, 0.6) is 0 Å². The second kappa shape index (κ2) is 3.18. The maximum Gasteiger partial charge on any atom is 0.124 e. The zero-order chi connectivity index (χ0) is 8.43. The first kappa shape index (κ1) is 8.47. The average molecular weight is 215 g/mol. The molecular weight excluding hydrogens is 207 g/mol. The number of hydrogen-bond acceptors (Lipinski definition) is 0. The van der Waals surface area contributed by atoms with Crippen molar-refractivity contribution in [2.75, 3.05) is 0 Å². The average Bonchev–Trinajstić information content (AvgIpc) is 1.85. The molecule has 2 heteroatoms. The maximum absolute atomic E-state index is 12.6. The highest BCUT2D eigenvalue weighted by Crippen LogP contribution is 2.24. The normalized spacial score (nSPS) is 9.73. The second-order valence-electron chi connectivity index (χ2n) is 2.39. The quantitative estimate of drug-likeness (QED) is 0.669. The van der Waals surface area contributed by atoms with Crippen LogP contribution in [0.4, 0.5) is 4.39 Å². The molecule has 1 rings (SSSR count). The Hall–Kier alpha value is -0.630. The lowest BCUT2D eigenvalue weighted by atomic mass is 10.1. The van der Waals surface area contributed by atoms with E-state index in [0.717, 1.165) is 10.0 Å². The monoisotopic (exact) mass is 214 g/mol. The molecule has 0 unspecified atom stereocenters. The molecule has 0 saturated carbocycles. The zero-order valence-corrected chi connectivity index (χ0v) is 7.78. The van der Waals surface area contributed by atoms with Crippen LogP contribution in [0.15, 0.2) is 29.3 Å². The minimum Gasteiger partial charge on any atom is -0.207 e. The van der Waals surface area contributed by atoms with Gasteiger partial charge in [0.05, 0.1) is 0 Å². The predicted octanol–water partition coefficient (Wildman–Crippen LogP) is 3.70. The first-order valence-corrected chi connectivity index (χ1v) is 4.01.